The summed E-state index contributed by atoms with van der Waals surface area (Å²) in [6.45, 7) is 6.53. The number of rotatable bonds is 12. The Morgan fingerprint density at radius 3 is 2.07 bits per heavy atom. The van der Waals surface area contributed by atoms with Crippen molar-refractivity contribution in [2.75, 3.05) is 17.1 Å². The highest BCUT2D eigenvalue weighted by Crippen LogP contribution is 2.27. The summed E-state index contributed by atoms with van der Waals surface area (Å²) in [4.78, 5) is 30.6. The van der Waals surface area contributed by atoms with Crippen LogP contribution in [0.15, 0.2) is 113 Å². The van der Waals surface area contributed by atoms with Crippen molar-refractivity contribution in [3.05, 3.63) is 126 Å². The molecule has 46 heavy (non-hydrogen) atoms. The lowest BCUT2D eigenvalue weighted by molar-refractivity contribution is -0.140. The van der Waals surface area contributed by atoms with Gasteiger partial charge in [-0.3, -0.25) is 13.9 Å². The molecule has 0 spiro atoms. The molecule has 0 aromatic heterocycles. The van der Waals surface area contributed by atoms with E-state index in [-0.39, 0.29) is 29.1 Å². The molecule has 4 rings (SSSR count). The minimum atomic E-state index is -4.23. The van der Waals surface area contributed by atoms with Gasteiger partial charge in [0.05, 0.1) is 10.6 Å². The van der Waals surface area contributed by atoms with Crippen LogP contribution >= 0.6 is 11.8 Å². The molecule has 0 heterocycles. The van der Waals surface area contributed by atoms with Crippen molar-refractivity contribution in [3.63, 3.8) is 0 Å². The average molecular weight is 662 g/mol. The van der Waals surface area contributed by atoms with Gasteiger partial charge in [0.15, 0.2) is 0 Å². The molecule has 0 saturated carbocycles. The van der Waals surface area contributed by atoms with E-state index in [0.717, 1.165) is 20.3 Å². The summed E-state index contributed by atoms with van der Waals surface area (Å²) in [6.07, 6.45) is 2.03. The number of aryl methyl sites for hydroxylation is 1. The van der Waals surface area contributed by atoms with Crippen LogP contribution in [0.1, 0.15) is 37.5 Å². The van der Waals surface area contributed by atoms with Gasteiger partial charge in [-0.25, -0.2) is 12.8 Å². The summed E-state index contributed by atoms with van der Waals surface area (Å²) in [7, 11) is -4.23. The maximum atomic E-state index is 15.1. The van der Waals surface area contributed by atoms with Crippen LogP contribution in [-0.4, -0.2) is 49.5 Å². The number of hydrogen-bond donors (Lipinski definition) is 1. The van der Waals surface area contributed by atoms with E-state index in [1.54, 1.807) is 54.6 Å². The number of thioether (sulfide) groups is 1. The minimum absolute atomic E-state index is 0.0191. The molecule has 0 aliphatic heterocycles. The third-order valence-corrected chi connectivity index (χ3v) is 9.85. The summed E-state index contributed by atoms with van der Waals surface area (Å²) in [5, 5.41) is 2.97. The van der Waals surface area contributed by atoms with Crippen LogP contribution in [0.3, 0.4) is 0 Å². The number of nitrogens with one attached hydrogen (secondary N) is 1. The summed E-state index contributed by atoms with van der Waals surface area (Å²) >= 11 is 1.48. The normalized spacial score (nSPS) is 12.3. The second kappa shape index (κ2) is 15.0. The Hall–Kier alpha value is -4.15. The van der Waals surface area contributed by atoms with Crippen molar-refractivity contribution in [1.29, 1.82) is 0 Å². The number of sulfonamides is 1. The van der Waals surface area contributed by atoms with Gasteiger partial charge in [-0.2, -0.15) is 0 Å². The molecule has 0 aliphatic rings. The third kappa shape index (κ3) is 8.98. The van der Waals surface area contributed by atoms with Gasteiger partial charge in [0, 0.05) is 29.0 Å². The van der Waals surface area contributed by atoms with E-state index in [2.05, 4.69) is 5.32 Å². The fraction of sp³-hybridized carbons (Fsp3) is 0.278. The van der Waals surface area contributed by atoms with Gasteiger partial charge in [-0.15, -0.1) is 11.8 Å². The fourth-order valence-corrected chi connectivity index (χ4v) is 6.75. The summed E-state index contributed by atoms with van der Waals surface area (Å²) in [6, 6.07) is 27.5. The van der Waals surface area contributed by atoms with E-state index in [9.17, 15) is 18.0 Å². The van der Waals surface area contributed by atoms with E-state index < -0.39 is 45.8 Å². The average Bonchev–Trinajstić information content (AvgIpc) is 3.02. The monoisotopic (exact) mass is 661 g/mol. The summed E-state index contributed by atoms with van der Waals surface area (Å²) in [5.74, 6) is -1.62. The van der Waals surface area contributed by atoms with E-state index in [4.69, 9.17) is 0 Å². The van der Waals surface area contributed by atoms with Crippen molar-refractivity contribution < 1.29 is 22.4 Å². The number of amides is 2. The second-order valence-electron chi connectivity index (χ2n) is 12.1. The van der Waals surface area contributed by atoms with Crippen molar-refractivity contribution in [1.82, 2.24) is 10.2 Å². The molecule has 1 atom stereocenters. The first-order valence-corrected chi connectivity index (χ1v) is 17.6. The maximum Gasteiger partial charge on any atom is 0.264 e. The van der Waals surface area contributed by atoms with Gasteiger partial charge in [0.25, 0.3) is 10.0 Å². The number of carbonyl (C=O) groups is 2. The van der Waals surface area contributed by atoms with Crippen LogP contribution in [0.2, 0.25) is 0 Å². The predicted octanol–water partition coefficient (Wildman–Crippen LogP) is 6.61. The van der Waals surface area contributed by atoms with Crippen molar-refractivity contribution in [2.45, 2.75) is 62.0 Å². The van der Waals surface area contributed by atoms with Crippen molar-refractivity contribution in [3.8, 4) is 0 Å². The number of carbonyl (C=O) groups excluding carboxylic acids is 2. The first-order chi connectivity index (χ1) is 21.8. The SMILES string of the molecule is CSc1ccc(S(=O)(=O)N(CC(=O)N(Cc2ccccc2F)[C@@H](Cc2ccccc2)C(=O)NC(C)(C)C)c2ccc(C)cc2)cc1. The highest BCUT2D eigenvalue weighted by Gasteiger charge is 2.36. The highest BCUT2D eigenvalue weighted by atomic mass is 32.2. The number of anilines is 1. The molecule has 0 saturated heterocycles. The lowest BCUT2D eigenvalue weighted by Gasteiger charge is -2.35. The number of hydrogen-bond acceptors (Lipinski definition) is 5. The van der Waals surface area contributed by atoms with Crippen molar-refractivity contribution in [2.24, 2.45) is 0 Å². The van der Waals surface area contributed by atoms with E-state index in [1.807, 2.05) is 64.3 Å². The third-order valence-electron chi connectivity index (χ3n) is 7.32. The van der Waals surface area contributed by atoms with Gasteiger partial charge in [0.1, 0.15) is 18.4 Å². The Morgan fingerprint density at radius 2 is 1.48 bits per heavy atom. The molecule has 0 fully saturated rings. The minimum Gasteiger partial charge on any atom is -0.350 e. The van der Waals surface area contributed by atoms with Crippen LogP contribution in [0.5, 0.6) is 0 Å². The Balaban J connectivity index is 1.82. The smallest absolute Gasteiger partial charge is 0.264 e. The van der Waals surface area contributed by atoms with Gasteiger partial charge in [-0.1, -0.05) is 66.2 Å². The largest absolute Gasteiger partial charge is 0.350 e. The molecule has 1 N–H and O–H groups in total. The van der Waals surface area contributed by atoms with E-state index in [0.29, 0.717) is 0 Å². The Labute approximate surface area is 275 Å². The molecule has 242 valence electrons. The molecular weight excluding hydrogens is 622 g/mol. The van der Waals surface area contributed by atoms with Gasteiger partial charge >= 0.3 is 0 Å². The molecular formula is C36H40FN3O4S2. The fourth-order valence-electron chi connectivity index (χ4n) is 4.93. The van der Waals surface area contributed by atoms with E-state index >= 15 is 4.39 Å². The zero-order valence-corrected chi connectivity index (χ0v) is 28.4. The molecule has 10 heteroatoms. The molecule has 0 aliphatic carbocycles. The van der Waals surface area contributed by atoms with Crippen LogP contribution in [0.25, 0.3) is 0 Å². The molecule has 0 bridgehead atoms. The first kappa shape index (κ1) is 34.7. The Morgan fingerprint density at radius 1 is 0.870 bits per heavy atom. The van der Waals surface area contributed by atoms with Crippen LogP contribution in [-0.2, 0) is 32.6 Å². The van der Waals surface area contributed by atoms with Gasteiger partial charge in [0.2, 0.25) is 11.8 Å². The molecule has 4 aromatic carbocycles. The Kier molecular flexibility index (Phi) is 11.3. The number of nitrogens with zero attached hydrogens (tertiary/aromatic N) is 2. The number of benzene rings is 4. The second-order valence-corrected chi connectivity index (χ2v) is 14.8. The zero-order chi connectivity index (χ0) is 33.5. The van der Waals surface area contributed by atoms with Gasteiger partial charge in [-0.05, 0) is 82.0 Å². The quantitative estimate of drug-likeness (QED) is 0.173. The topological polar surface area (TPSA) is 86.8 Å². The maximum absolute atomic E-state index is 15.1. The molecule has 0 unspecified atom stereocenters. The number of halogens is 1. The van der Waals surface area contributed by atoms with Gasteiger partial charge < -0.3 is 10.2 Å². The molecule has 2 amide bonds. The van der Waals surface area contributed by atoms with Crippen LogP contribution in [0.4, 0.5) is 10.1 Å². The zero-order valence-electron chi connectivity index (χ0n) is 26.7. The van der Waals surface area contributed by atoms with Crippen molar-refractivity contribution >= 4 is 39.3 Å². The molecule has 4 aromatic rings. The highest BCUT2D eigenvalue weighted by molar-refractivity contribution is 7.98. The molecule has 0 radical (unpaired) electrons. The standard InChI is InChI=1S/C36H40FN3O4S2/c1-26-15-17-29(18-16-26)40(46(43,44)31-21-19-30(45-5)20-22-31)25-34(41)39(24-28-13-9-10-14-32(28)37)33(35(42)38-36(2,3)4)23-27-11-7-6-8-12-27/h6-22,33H,23-25H2,1-5H3,(H,38,42)/t33-/m0/s1. The van der Waals surface area contributed by atoms with E-state index in [1.165, 1.54) is 34.9 Å². The van der Waals surface area contributed by atoms with Crippen LogP contribution < -0.4 is 9.62 Å². The summed E-state index contributed by atoms with van der Waals surface area (Å²) < 4.78 is 44.5. The van der Waals surface area contributed by atoms with Crippen LogP contribution in [0, 0.1) is 12.7 Å². The predicted molar refractivity (Wildman–Crippen MR) is 183 cm³/mol. The molecule has 7 nitrogen and oxygen atoms in total. The Bertz CT molecular complexity index is 1740. The lowest BCUT2D eigenvalue weighted by Crippen LogP contribution is -2.56. The lowest BCUT2D eigenvalue weighted by atomic mass is 10.0. The first-order valence-electron chi connectivity index (χ1n) is 14.9. The summed E-state index contributed by atoms with van der Waals surface area (Å²) in [5.41, 5.74) is 1.57.